The van der Waals surface area contributed by atoms with Crippen LogP contribution in [0.15, 0.2) is 61.9 Å². The molecule has 0 spiro atoms. The van der Waals surface area contributed by atoms with E-state index in [9.17, 15) is 9.59 Å². The summed E-state index contributed by atoms with van der Waals surface area (Å²) >= 11 is 11.0. The van der Waals surface area contributed by atoms with Gasteiger partial charge in [0.2, 0.25) is 0 Å². The minimum Gasteiger partial charge on any atom is -0.476 e. The molecule has 36 heavy (non-hydrogen) atoms. The number of carbonyl (C=O) groups is 1. The number of fused-ring (bicyclic) bond motifs is 1. The zero-order valence-corrected chi connectivity index (χ0v) is 22.8. The molecule has 1 aliphatic heterocycles. The van der Waals surface area contributed by atoms with E-state index in [-0.39, 0.29) is 18.8 Å². The number of nitriles is 1. The molecule has 0 saturated heterocycles. The van der Waals surface area contributed by atoms with E-state index in [0.29, 0.717) is 41.4 Å². The monoisotopic (exact) mass is 585 g/mol. The van der Waals surface area contributed by atoms with Gasteiger partial charge in [-0.15, -0.1) is 0 Å². The summed E-state index contributed by atoms with van der Waals surface area (Å²) in [7, 11) is 0. The Hall–Kier alpha value is -3.19. The lowest BCUT2D eigenvalue weighted by atomic mass is 9.95. The maximum Gasteiger partial charge on any atom is 0.338 e. The van der Waals surface area contributed by atoms with E-state index in [2.05, 4.69) is 20.9 Å². The summed E-state index contributed by atoms with van der Waals surface area (Å²) in [5.41, 5.74) is 3.08. The first-order chi connectivity index (χ1) is 17.2. The molecule has 0 N–H and O–H groups in total. The van der Waals surface area contributed by atoms with Gasteiger partial charge in [-0.25, -0.2) is 9.79 Å². The molecule has 3 aromatic rings. The number of hydrogen-bond acceptors (Lipinski definition) is 7. The molecule has 0 fully saturated rings. The van der Waals surface area contributed by atoms with Gasteiger partial charge in [0.15, 0.2) is 17.2 Å². The van der Waals surface area contributed by atoms with Gasteiger partial charge in [0.05, 0.1) is 37.9 Å². The summed E-state index contributed by atoms with van der Waals surface area (Å²) in [4.78, 5) is 31.7. The average Bonchev–Trinajstić information content (AvgIpc) is 3.12. The third kappa shape index (κ3) is 5.03. The molecule has 0 radical (unpaired) electrons. The molecule has 2 heterocycles. The second-order valence-electron chi connectivity index (χ2n) is 7.97. The Morgan fingerprint density at radius 2 is 2.03 bits per heavy atom. The number of thiazole rings is 1. The minimum atomic E-state index is -0.667. The Morgan fingerprint density at radius 1 is 1.31 bits per heavy atom. The van der Waals surface area contributed by atoms with Crippen molar-refractivity contribution in [3.63, 3.8) is 0 Å². The molecule has 10 heteroatoms. The summed E-state index contributed by atoms with van der Waals surface area (Å²) < 4.78 is 13.2. The standard InChI is InChI=1S/C26H21BrClN3O4S/c1-4-34-25(33)21-15(3)30-26-31(22(21)17-7-5-14(2)6-8-17)24(32)20(36-26)13-16-11-18(27)23(19(28)12-16)35-10-9-29/h5-8,11-13,22H,4,10H2,1-3H3/b20-13+/t22-/m0/s1. The van der Waals surface area contributed by atoms with Gasteiger partial charge < -0.3 is 9.47 Å². The lowest BCUT2D eigenvalue weighted by molar-refractivity contribution is -0.139. The predicted molar refractivity (Wildman–Crippen MR) is 142 cm³/mol. The van der Waals surface area contributed by atoms with Crippen molar-refractivity contribution in [1.29, 1.82) is 5.26 Å². The molecule has 0 amide bonds. The first kappa shape index (κ1) is 25.9. The van der Waals surface area contributed by atoms with Crippen molar-refractivity contribution in [1.82, 2.24) is 4.57 Å². The van der Waals surface area contributed by atoms with E-state index in [1.54, 1.807) is 36.6 Å². The largest absolute Gasteiger partial charge is 0.476 e. The molecular weight excluding hydrogens is 566 g/mol. The van der Waals surface area contributed by atoms with Crippen molar-refractivity contribution in [2.24, 2.45) is 4.99 Å². The maximum atomic E-state index is 13.7. The van der Waals surface area contributed by atoms with Crippen LogP contribution >= 0.6 is 38.9 Å². The van der Waals surface area contributed by atoms with E-state index in [4.69, 9.17) is 26.3 Å². The van der Waals surface area contributed by atoms with Crippen LogP contribution in [0.3, 0.4) is 0 Å². The quantitative estimate of drug-likeness (QED) is 0.399. The molecule has 4 rings (SSSR count). The van der Waals surface area contributed by atoms with Crippen LogP contribution in [-0.4, -0.2) is 23.8 Å². The van der Waals surface area contributed by atoms with Crippen molar-refractivity contribution in [3.05, 3.63) is 93.5 Å². The average molecular weight is 587 g/mol. The normalized spacial score (nSPS) is 15.2. The summed E-state index contributed by atoms with van der Waals surface area (Å²) in [6.45, 7) is 5.54. The number of ether oxygens (including phenoxy) is 2. The van der Waals surface area contributed by atoms with E-state index >= 15 is 0 Å². The van der Waals surface area contributed by atoms with E-state index in [1.807, 2.05) is 37.3 Å². The van der Waals surface area contributed by atoms with Crippen molar-refractivity contribution in [2.75, 3.05) is 13.2 Å². The van der Waals surface area contributed by atoms with Crippen LogP contribution in [0.2, 0.25) is 5.02 Å². The number of halogens is 2. The second kappa shape index (κ2) is 10.8. The number of aromatic nitrogens is 1. The predicted octanol–water partition coefficient (Wildman–Crippen LogP) is 4.43. The lowest BCUT2D eigenvalue weighted by Gasteiger charge is -2.24. The topological polar surface area (TPSA) is 93.7 Å². The third-order valence-electron chi connectivity index (χ3n) is 5.51. The zero-order valence-electron chi connectivity index (χ0n) is 19.7. The molecule has 0 unspecified atom stereocenters. The van der Waals surface area contributed by atoms with E-state index < -0.39 is 12.0 Å². The van der Waals surface area contributed by atoms with Crippen LogP contribution in [0.5, 0.6) is 5.75 Å². The third-order valence-corrected chi connectivity index (χ3v) is 7.36. The number of carbonyl (C=O) groups excluding carboxylic acids is 1. The first-order valence-electron chi connectivity index (χ1n) is 11.0. The van der Waals surface area contributed by atoms with Crippen molar-refractivity contribution in [3.8, 4) is 11.8 Å². The van der Waals surface area contributed by atoms with Crippen LogP contribution < -0.4 is 19.6 Å². The van der Waals surface area contributed by atoms with Gasteiger partial charge in [0.25, 0.3) is 5.56 Å². The molecule has 0 bridgehead atoms. The van der Waals surface area contributed by atoms with Crippen LogP contribution in [0, 0.1) is 18.3 Å². The molecule has 1 atom stereocenters. The number of nitrogens with zero attached hydrogens (tertiary/aromatic N) is 3. The molecule has 1 aromatic heterocycles. The van der Waals surface area contributed by atoms with Crippen LogP contribution in [0.1, 0.15) is 36.6 Å². The molecule has 2 aromatic carbocycles. The molecule has 0 aliphatic carbocycles. The molecular formula is C26H21BrClN3O4S. The van der Waals surface area contributed by atoms with Gasteiger partial charge in [0.1, 0.15) is 6.07 Å². The van der Waals surface area contributed by atoms with Gasteiger partial charge in [-0.05, 0) is 66.0 Å². The summed E-state index contributed by atoms with van der Waals surface area (Å²) in [5, 5.41) is 9.07. The highest BCUT2D eigenvalue weighted by molar-refractivity contribution is 9.10. The molecule has 184 valence electrons. The fourth-order valence-electron chi connectivity index (χ4n) is 3.91. The number of esters is 1. The Morgan fingerprint density at radius 3 is 2.67 bits per heavy atom. The fraction of sp³-hybridized carbons (Fsp3) is 0.231. The number of aryl methyl sites for hydroxylation is 1. The van der Waals surface area contributed by atoms with Gasteiger partial charge in [0, 0.05) is 0 Å². The maximum absolute atomic E-state index is 13.7. The van der Waals surface area contributed by atoms with Crippen LogP contribution in [0.4, 0.5) is 0 Å². The van der Waals surface area contributed by atoms with Crippen molar-refractivity contribution >= 4 is 50.9 Å². The Bertz CT molecular complexity index is 1580. The summed E-state index contributed by atoms with van der Waals surface area (Å²) in [5.74, 6) is -0.145. The molecule has 0 saturated carbocycles. The Labute approximate surface area is 224 Å². The second-order valence-corrected chi connectivity index (χ2v) is 10.2. The van der Waals surface area contributed by atoms with Crippen LogP contribution in [-0.2, 0) is 9.53 Å². The summed E-state index contributed by atoms with van der Waals surface area (Å²) in [6.07, 6.45) is 1.71. The van der Waals surface area contributed by atoms with Gasteiger partial charge in [-0.3, -0.25) is 9.36 Å². The number of allylic oxidation sites excluding steroid dienone is 1. The summed E-state index contributed by atoms with van der Waals surface area (Å²) in [6, 6.07) is 12.4. The first-order valence-corrected chi connectivity index (χ1v) is 13.0. The fourth-order valence-corrected chi connectivity index (χ4v) is 5.95. The SMILES string of the molecule is CCOC(=O)C1=C(C)N=c2s/c(=C/c3cc(Cl)c(OCC#N)c(Br)c3)c(=O)n2[C@H]1c1ccc(C)cc1. The zero-order chi connectivity index (χ0) is 26.0. The number of benzene rings is 2. The van der Waals surface area contributed by atoms with Gasteiger partial charge >= 0.3 is 5.97 Å². The highest BCUT2D eigenvalue weighted by atomic mass is 79.9. The van der Waals surface area contributed by atoms with Crippen molar-refractivity contribution in [2.45, 2.75) is 26.8 Å². The molecule has 7 nitrogen and oxygen atoms in total. The smallest absolute Gasteiger partial charge is 0.338 e. The van der Waals surface area contributed by atoms with Gasteiger partial charge in [-0.2, -0.15) is 5.26 Å². The Kier molecular flexibility index (Phi) is 7.79. The Balaban J connectivity index is 1.89. The van der Waals surface area contributed by atoms with E-state index in [0.717, 1.165) is 11.1 Å². The van der Waals surface area contributed by atoms with Crippen molar-refractivity contribution < 1.29 is 14.3 Å². The highest BCUT2D eigenvalue weighted by Gasteiger charge is 2.33. The minimum absolute atomic E-state index is 0.141. The lowest BCUT2D eigenvalue weighted by Crippen LogP contribution is -2.39. The van der Waals surface area contributed by atoms with Gasteiger partial charge in [-0.1, -0.05) is 52.8 Å². The highest BCUT2D eigenvalue weighted by Crippen LogP contribution is 2.35. The number of hydrogen-bond donors (Lipinski definition) is 0. The van der Waals surface area contributed by atoms with Crippen LogP contribution in [0.25, 0.3) is 6.08 Å². The molecule has 1 aliphatic rings. The number of rotatable bonds is 6. The van der Waals surface area contributed by atoms with E-state index in [1.165, 1.54) is 11.3 Å².